The van der Waals surface area contributed by atoms with Crippen LogP contribution in [0.4, 0.5) is 0 Å². The molecule has 3 rings (SSSR count). The van der Waals surface area contributed by atoms with Gasteiger partial charge in [0, 0.05) is 44.4 Å². The van der Waals surface area contributed by atoms with Crippen LogP contribution in [0.2, 0.25) is 5.15 Å². The molecule has 29 heavy (non-hydrogen) atoms. The first kappa shape index (κ1) is 23.7. The van der Waals surface area contributed by atoms with Crippen molar-refractivity contribution in [2.24, 2.45) is 10.9 Å². The van der Waals surface area contributed by atoms with Gasteiger partial charge in [-0.2, -0.15) is 0 Å². The third-order valence-electron chi connectivity index (χ3n) is 4.64. The first-order valence-electron chi connectivity index (χ1n) is 9.49. The van der Waals surface area contributed by atoms with E-state index in [0.29, 0.717) is 36.7 Å². The van der Waals surface area contributed by atoms with Gasteiger partial charge in [0.2, 0.25) is 0 Å². The van der Waals surface area contributed by atoms with Crippen molar-refractivity contribution in [1.82, 2.24) is 15.6 Å². The number of aliphatic imine (C=N–C) groups is 1. The van der Waals surface area contributed by atoms with Gasteiger partial charge in [-0.25, -0.2) is 4.98 Å². The molecule has 2 N–H and O–H groups in total. The highest BCUT2D eigenvalue weighted by molar-refractivity contribution is 14.0. The van der Waals surface area contributed by atoms with E-state index in [9.17, 15) is 0 Å². The highest BCUT2D eigenvalue weighted by Gasteiger charge is 2.17. The van der Waals surface area contributed by atoms with Crippen molar-refractivity contribution >= 4 is 41.5 Å². The monoisotopic (exact) mass is 530 g/mol. The molecule has 2 heterocycles. The minimum absolute atomic E-state index is 0. The van der Waals surface area contributed by atoms with Crippen molar-refractivity contribution in [3.8, 4) is 5.75 Å². The molecule has 8 heteroatoms. The molecule has 0 bridgehead atoms. The summed E-state index contributed by atoms with van der Waals surface area (Å²) in [7, 11) is 1.75. The van der Waals surface area contributed by atoms with Gasteiger partial charge in [-0.05, 0) is 36.6 Å². The molecule has 6 nitrogen and oxygen atoms in total. The van der Waals surface area contributed by atoms with Crippen LogP contribution in [0.5, 0.6) is 5.75 Å². The number of pyridine rings is 1. The topological polar surface area (TPSA) is 67.8 Å². The summed E-state index contributed by atoms with van der Waals surface area (Å²) >= 11 is 5.83. The Bertz CT molecular complexity index is 796. The maximum absolute atomic E-state index is 6.11. The Morgan fingerprint density at radius 2 is 2.10 bits per heavy atom. The molecular formula is C21H28ClIN4O2. The Hall–Kier alpha value is -1.58. The number of guanidine groups is 1. The number of hydrogen-bond acceptors (Lipinski definition) is 4. The van der Waals surface area contributed by atoms with Crippen molar-refractivity contribution in [2.45, 2.75) is 26.4 Å². The first-order valence-corrected chi connectivity index (χ1v) is 9.87. The summed E-state index contributed by atoms with van der Waals surface area (Å²) < 4.78 is 11.5. The molecule has 0 amide bonds. The molecule has 0 saturated carbocycles. The van der Waals surface area contributed by atoms with Gasteiger partial charge >= 0.3 is 0 Å². The van der Waals surface area contributed by atoms with Crippen LogP contribution in [0.3, 0.4) is 0 Å². The number of rotatable bonds is 7. The van der Waals surface area contributed by atoms with E-state index in [1.165, 1.54) is 5.56 Å². The molecule has 0 spiro atoms. The van der Waals surface area contributed by atoms with E-state index in [0.717, 1.165) is 36.5 Å². The molecule has 1 aromatic carbocycles. The van der Waals surface area contributed by atoms with Crippen LogP contribution in [-0.4, -0.2) is 37.8 Å². The number of nitrogens with zero attached hydrogens (tertiary/aromatic N) is 2. The summed E-state index contributed by atoms with van der Waals surface area (Å²) in [5, 5.41) is 7.11. The fraction of sp³-hybridized carbons (Fsp3) is 0.429. The summed E-state index contributed by atoms with van der Waals surface area (Å²) in [6, 6.07) is 9.99. The van der Waals surface area contributed by atoms with Crippen LogP contribution in [0.15, 0.2) is 41.5 Å². The molecule has 1 saturated heterocycles. The largest absolute Gasteiger partial charge is 0.493 e. The van der Waals surface area contributed by atoms with Crippen LogP contribution in [0, 0.1) is 12.8 Å². The van der Waals surface area contributed by atoms with E-state index < -0.39 is 0 Å². The number of hydrogen-bond donors (Lipinski definition) is 2. The van der Waals surface area contributed by atoms with E-state index in [1.54, 1.807) is 19.3 Å². The second-order valence-corrected chi connectivity index (χ2v) is 7.31. The van der Waals surface area contributed by atoms with Crippen LogP contribution < -0.4 is 15.4 Å². The maximum Gasteiger partial charge on any atom is 0.191 e. The summed E-state index contributed by atoms with van der Waals surface area (Å²) in [4.78, 5) is 8.37. The molecule has 1 unspecified atom stereocenters. The number of nitrogens with one attached hydrogen (secondary N) is 2. The smallest absolute Gasteiger partial charge is 0.191 e. The summed E-state index contributed by atoms with van der Waals surface area (Å²) in [6.07, 6.45) is 2.82. The zero-order chi connectivity index (χ0) is 19.8. The van der Waals surface area contributed by atoms with Gasteiger partial charge in [0.1, 0.15) is 10.9 Å². The lowest BCUT2D eigenvalue weighted by Gasteiger charge is -2.17. The quantitative estimate of drug-likeness (QED) is 0.246. The average molecular weight is 531 g/mol. The molecule has 1 aliphatic rings. The molecule has 0 aliphatic carbocycles. The lowest BCUT2D eigenvalue weighted by molar-refractivity contribution is 0.166. The predicted octanol–water partition coefficient (Wildman–Crippen LogP) is 3.94. The zero-order valence-corrected chi connectivity index (χ0v) is 19.9. The number of aryl methyl sites for hydroxylation is 1. The number of halogens is 2. The first-order chi connectivity index (χ1) is 13.6. The van der Waals surface area contributed by atoms with Gasteiger partial charge in [0.25, 0.3) is 0 Å². The van der Waals surface area contributed by atoms with Crippen molar-refractivity contribution in [2.75, 3.05) is 26.9 Å². The summed E-state index contributed by atoms with van der Waals surface area (Å²) in [6.45, 7) is 5.62. The zero-order valence-electron chi connectivity index (χ0n) is 16.8. The molecule has 1 atom stereocenters. The normalized spacial score (nSPS) is 16.2. The van der Waals surface area contributed by atoms with Crippen molar-refractivity contribution in [3.63, 3.8) is 0 Å². The van der Waals surface area contributed by atoms with Gasteiger partial charge in [-0.3, -0.25) is 4.99 Å². The number of benzene rings is 1. The van der Waals surface area contributed by atoms with Crippen LogP contribution in [0.1, 0.15) is 23.1 Å². The summed E-state index contributed by atoms with van der Waals surface area (Å²) in [5.41, 5.74) is 3.31. The Morgan fingerprint density at radius 3 is 2.79 bits per heavy atom. The highest BCUT2D eigenvalue weighted by atomic mass is 127. The second-order valence-electron chi connectivity index (χ2n) is 6.92. The van der Waals surface area contributed by atoms with E-state index >= 15 is 0 Å². The van der Waals surface area contributed by atoms with Crippen molar-refractivity contribution in [1.29, 1.82) is 0 Å². The van der Waals surface area contributed by atoms with E-state index in [-0.39, 0.29) is 24.0 Å². The second kappa shape index (κ2) is 12.2. The maximum atomic E-state index is 6.11. The van der Waals surface area contributed by atoms with E-state index in [4.69, 9.17) is 21.1 Å². The van der Waals surface area contributed by atoms with Gasteiger partial charge < -0.3 is 20.1 Å². The van der Waals surface area contributed by atoms with Crippen molar-refractivity contribution < 1.29 is 9.47 Å². The van der Waals surface area contributed by atoms with Crippen LogP contribution in [0.25, 0.3) is 0 Å². The molecular weight excluding hydrogens is 503 g/mol. The molecule has 158 valence electrons. The molecule has 0 radical (unpaired) electrons. The molecule has 2 aromatic rings. The molecule has 1 aliphatic heterocycles. The van der Waals surface area contributed by atoms with Gasteiger partial charge in [0.05, 0.1) is 13.2 Å². The SMILES string of the molecule is CN=C(NCc1ccc(Cl)nc1)NCc1ccc(C)cc1OCC1CCOC1.I. The third-order valence-corrected chi connectivity index (χ3v) is 4.86. The fourth-order valence-corrected chi connectivity index (χ4v) is 3.07. The van der Waals surface area contributed by atoms with Gasteiger partial charge in [-0.1, -0.05) is 29.8 Å². The minimum Gasteiger partial charge on any atom is -0.493 e. The van der Waals surface area contributed by atoms with Crippen LogP contribution in [-0.2, 0) is 17.8 Å². The fourth-order valence-electron chi connectivity index (χ4n) is 2.96. The lowest BCUT2D eigenvalue weighted by atomic mass is 10.1. The Balaban J connectivity index is 0.00000300. The molecule has 1 aromatic heterocycles. The minimum atomic E-state index is 0. The van der Waals surface area contributed by atoms with Crippen LogP contribution >= 0.6 is 35.6 Å². The average Bonchev–Trinajstić information content (AvgIpc) is 3.22. The number of aromatic nitrogens is 1. The van der Waals surface area contributed by atoms with Gasteiger partial charge in [-0.15, -0.1) is 24.0 Å². The Labute approximate surface area is 194 Å². The lowest BCUT2D eigenvalue weighted by Crippen LogP contribution is -2.36. The summed E-state index contributed by atoms with van der Waals surface area (Å²) in [5.74, 6) is 2.10. The van der Waals surface area contributed by atoms with Gasteiger partial charge in [0.15, 0.2) is 5.96 Å². The highest BCUT2D eigenvalue weighted by Crippen LogP contribution is 2.22. The molecule has 1 fully saturated rings. The Kier molecular flexibility index (Phi) is 9.96. The standard InChI is InChI=1S/C21H27ClN4O2.HI/c1-15-3-5-18(19(9-15)28-14-17-7-8-27-13-17)12-26-21(23-2)25-11-16-4-6-20(22)24-10-16;/h3-6,9-10,17H,7-8,11-14H2,1-2H3,(H2,23,25,26);1H. The van der Waals surface area contributed by atoms with E-state index in [1.807, 2.05) is 6.07 Å². The number of ether oxygens (including phenoxy) is 2. The predicted molar refractivity (Wildman–Crippen MR) is 127 cm³/mol. The van der Waals surface area contributed by atoms with Crippen molar-refractivity contribution in [3.05, 3.63) is 58.4 Å². The Morgan fingerprint density at radius 1 is 1.28 bits per heavy atom. The van der Waals surface area contributed by atoms with E-state index in [2.05, 4.69) is 45.7 Å². The third kappa shape index (κ3) is 7.64.